The summed E-state index contributed by atoms with van der Waals surface area (Å²) in [4.78, 5) is 0.118. The van der Waals surface area contributed by atoms with Crippen LogP contribution in [0.15, 0.2) is 40.9 Å². The molecule has 0 bridgehead atoms. The smallest absolute Gasteiger partial charge is 0.162 e. The molecule has 1 atom stereocenters. The quantitative estimate of drug-likeness (QED) is 0.663. The Morgan fingerprint density at radius 2 is 1.75 bits per heavy atom. The molecule has 2 aromatic carbocycles. The number of rotatable bonds is 2. The molecule has 0 N–H and O–H groups in total. The largest absolute Gasteiger partial charge is 0.486 e. The molecule has 1 unspecified atom stereocenters. The summed E-state index contributed by atoms with van der Waals surface area (Å²) < 4.78 is 12.3. The number of aryl methyl sites for hydroxylation is 1. The molecule has 1 aliphatic heterocycles. The number of hydrogen-bond donors (Lipinski definition) is 0. The molecule has 2 nitrogen and oxygen atoms in total. The van der Waals surface area contributed by atoms with Gasteiger partial charge in [0.25, 0.3) is 0 Å². The second-order valence-electron chi connectivity index (χ2n) is 4.79. The fourth-order valence-electron chi connectivity index (χ4n) is 2.28. The van der Waals surface area contributed by atoms with Crippen LogP contribution in [0.5, 0.6) is 11.5 Å². The van der Waals surface area contributed by atoms with Gasteiger partial charge in [0.2, 0.25) is 0 Å². The van der Waals surface area contributed by atoms with E-state index in [0.717, 1.165) is 21.5 Å². The van der Waals surface area contributed by atoms with Crippen LogP contribution in [-0.2, 0) is 0 Å². The molecule has 104 valence electrons. The van der Waals surface area contributed by atoms with Crippen molar-refractivity contribution in [3.8, 4) is 11.5 Å². The normalized spacial score (nSPS) is 14.9. The van der Waals surface area contributed by atoms with Crippen LogP contribution in [0.4, 0.5) is 0 Å². The Morgan fingerprint density at radius 1 is 1.05 bits per heavy atom. The van der Waals surface area contributed by atoms with E-state index in [-0.39, 0.29) is 4.83 Å². The van der Waals surface area contributed by atoms with Gasteiger partial charge in [-0.1, -0.05) is 61.7 Å². The predicted octanol–water partition coefficient (Wildman–Crippen LogP) is 5.01. The van der Waals surface area contributed by atoms with E-state index in [1.165, 1.54) is 11.1 Å². The topological polar surface area (TPSA) is 18.5 Å². The van der Waals surface area contributed by atoms with Crippen LogP contribution in [0.1, 0.15) is 21.5 Å². The first-order valence-corrected chi connectivity index (χ1v) is 8.15. The number of benzene rings is 2. The van der Waals surface area contributed by atoms with Crippen molar-refractivity contribution in [1.29, 1.82) is 0 Å². The Morgan fingerprint density at radius 3 is 2.45 bits per heavy atom. The molecule has 0 aliphatic carbocycles. The van der Waals surface area contributed by atoms with Crippen LogP contribution in [0, 0.1) is 6.92 Å². The average molecular weight is 398 g/mol. The van der Waals surface area contributed by atoms with Crippen molar-refractivity contribution in [2.75, 3.05) is 13.2 Å². The van der Waals surface area contributed by atoms with Crippen molar-refractivity contribution in [1.82, 2.24) is 0 Å². The van der Waals surface area contributed by atoms with Gasteiger partial charge in [0.1, 0.15) is 13.2 Å². The first-order chi connectivity index (χ1) is 9.65. The van der Waals surface area contributed by atoms with Gasteiger partial charge < -0.3 is 9.47 Å². The summed E-state index contributed by atoms with van der Waals surface area (Å²) in [5.74, 6) is 1.61. The van der Waals surface area contributed by atoms with Gasteiger partial charge in [0, 0.05) is 4.47 Å². The molecule has 0 saturated heterocycles. The Balaban J connectivity index is 2.01. The lowest BCUT2D eigenvalue weighted by atomic mass is 10.0. The molecule has 0 spiro atoms. The van der Waals surface area contributed by atoms with Gasteiger partial charge >= 0.3 is 0 Å². The van der Waals surface area contributed by atoms with Crippen molar-refractivity contribution < 1.29 is 9.47 Å². The summed E-state index contributed by atoms with van der Waals surface area (Å²) >= 11 is 7.41. The summed E-state index contributed by atoms with van der Waals surface area (Å²) in [5, 5.41) is 0. The standard InChI is InChI=1S/C16H14Br2O2/c1-10-3-2-4-11(7-10)16(18)12-8-14-15(9-13(12)17)20-6-5-19-14/h2-4,7-9,16H,5-6H2,1H3. The van der Waals surface area contributed by atoms with Gasteiger partial charge in [-0.2, -0.15) is 0 Å². The van der Waals surface area contributed by atoms with Crippen molar-refractivity contribution >= 4 is 31.9 Å². The Hall–Kier alpha value is -1.00. The van der Waals surface area contributed by atoms with E-state index in [9.17, 15) is 0 Å². The van der Waals surface area contributed by atoms with Crippen LogP contribution < -0.4 is 9.47 Å². The maximum Gasteiger partial charge on any atom is 0.162 e. The number of halogens is 2. The number of ether oxygens (including phenoxy) is 2. The third kappa shape index (κ3) is 2.72. The summed E-state index contributed by atoms with van der Waals surface area (Å²) in [6, 6.07) is 12.5. The lowest BCUT2D eigenvalue weighted by molar-refractivity contribution is 0.171. The lowest BCUT2D eigenvalue weighted by Crippen LogP contribution is -2.15. The van der Waals surface area contributed by atoms with Crippen LogP contribution in [-0.4, -0.2) is 13.2 Å². The van der Waals surface area contributed by atoms with Crippen molar-refractivity contribution in [2.45, 2.75) is 11.8 Å². The van der Waals surface area contributed by atoms with Crippen molar-refractivity contribution in [3.63, 3.8) is 0 Å². The second-order valence-corrected chi connectivity index (χ2v) is 6.56. The molecule has 4 heteroatoms. The summed E-state index contributed by atoms with van der Waals surface area (Å²) in [6.07, 6.45) is 0. The number of hydrogen-bond acceptors (Lipinski definition) is 2. The van der Waals surface area contributed by atoms with Gasteiger partial charge in [-0.25, -0.2) is 0 Å². The highest BCUT2D eigenvalue weighted by molar-refractivity contribution is 9.11. The number of alkyl halides is 1. The van der Waals surface area contributed by atoms with Gasteiger partial charge in [-0.05, 0) is 30.2 Å². The zero-order valence-electron chi connectivity index (χ0n) is 11.0. The summed E-state index contributed by atoms with van der Waals surface area (Å²) in [6.45, 7) is 3.31. The summed E-state index contributed by atoms with van der Waals surface area (Å²) in [5.41, 5.74) is 3.61. The maximum atomic E-state index is 5.66. The Bertz CT molecular complexity index is 640. The minimum atomic E-state index is 0.118. The van der Waals surface area contributed by atoms with Gasteiger partial charge in [0.15, 0.2) is 11.5 Å². The summed E-state index contributed by atoms with van der Waals surface area (Å²) in [7, 11) is 0. The monoisotopic (exact) mass is 396 g/mol. The minimum Gasteiger partial charge on any atom is -0.486 e. The zero-order chi connectivity index (χ0) is 14.1. The molecule has 1 aliphatic rings. The van der Waals surface area contributed by atoms with E-state index in [1.54, 1.807) is 0 Å². The molecule has 0 saturated carbocycles. The van der Waals surface area contributed by atoms with Crippen LogP contribution >= 0.6 is 31.9 Å². The third-order valence-electron chi connectivity index (χ3n) is 3.27. The SMILES string of the molecule is Cc1cccc(C(Br)c2cc3c(cc2Br)OCCO3)c1. The second kappa shape index (κ2) is 5.78. The minimum absolute atomic E-state index is 0.118. The Kier molecular flexibility index (Phi) is 4.03. The molecular formula is C16H14Br2O2. The molecule has 1 heterocycles. The van der Waals surface area contributed by atoms with E-state index < -0.39 is 0 Å². The molecule has 3 rings (SSSR count). The predicted molar refractivity (Wildman–Crippen MR) is 87.1 cm³/mol. The van der Waals surface area contributed by atoms with Crippen LogP contribution in [0.25, 0.3) is 0 Å². The first-order valence-electron chi connectivity index (χ1n) is 6.45. The highest BCUT2D eigenvalue weighted by Crippen LogP contribution is 2.42. The van der Waals surface area contributed by atoms with Gasteiger partial charge in [0.05, 0.1) is 4.83 Å². The molecule has 0 fully saturated rings. The molecule has 0 amide bonds. The lowest BCUT2D eigenvalue weighted by Gasteiger charge is -2.21. The van der Waals surface area contributed by atoms with Crippen molar-refractivity contribution in [3.05, 3.63) is 57.6 Å². The molecule has 0 aromatic heterocycles. The van der Waals surface area contributed by atoms with E-state index in [4.69, 9.17) is 9.47 Å². The molecule has 2 aromatic rings. The van der Waals surface area contributed by atoms with E-state index in [2.05, 4.69) is 63.0 Å². The highest BCUT2D eigenvalue weighted by atomic mass is 79.9. The van der Waals surface area contributed by atoms with Gasteiger partial charge in [-0.15, -0.1) is 0 Å². The average Bonchev–Trinajstić information content (AvgIpc) is 2.46. The first kappa shape index (κ1) is 14.0. The molecular weight excluding hydrogens is 384 g/mol. The van der Waals surface area contributed by atoms with Crippen LogP contribution in [0.3, 0.4) is 0 Å². The van der Waals surface area contributed by atoms with E-state index >= 15 is 0 Å². The maximum absolute atomic E-state index is 5.66. The van der Waals surface area contributed by atoms with E-state index in [1.807, 2.05) is 12.1 Å². The Labute approximate surface area is 135 Å². The zero-order valence-corrected chi connectivity index (χ0v) is 14.2. The van der Waals surface area contributed by atoms with Crippen molar-refractivity contribution in [2.24, 2.45) is 0 Å². The third-order valence-corrected chi connectivity index (χ3v) is 4.98. The fourth-order valence-corrected chi connectivity index (χ4v) is 3.80. The number of fused-ring (bicyclic) bond motifs is 1. The highest BCUT2D eigenvalue weighted by Gasteiger charge is 2.20. The van der Waals surface area contributed by atoms with Crippen LogP contribution in [0.2, 0.25) is 0 Å². The van der Waals surface area contributed by atoms with Gasteiger partial charge in [-0.3, -0.25) is 0 Å². The molecule has 0 radical (unpaired) electrons. The van der Waals surface area contributed by atoms with E-state index in [0.29, 0.717) is 13.2 Å². The fraction of sp³-hybridized carbons (Fsp3) is 0.250. The molecule has 20 heavy (non-hydrogen) atoms.